The van der Waals surface area contributed by atoms with E-state index in [0.29, 0.717) is 0 Å². The van der Waals surface area contributed by atoms with Crippen LogP contribution >= 0.6 is 11.6 Å². The predicted molar refractivity (Wildman–Crippen MR) is 59.8 cm³/mol. The second-order valence-electron chi connectivity index (χ2n) is 3.53. The number of aryl methyl sites for hydroxylation is 2. The Bertz CT molecular complexity index is 294. The number of rotatable bonds is 5. The molecule has 0 bridgehead atoms. The molecule has 1 aromatic rings. The van der Waals surface area contributed by atoms with Crippen molar-refractivity contribution in [2.45, 2.75) is 26.2 Å². The van der Waals surface area contributed by atoms with Gasteiger partial charge in [0.1, 0.15) is 0 Å². The molecule has 0 aliphatic carbocycles. The quantitative estimate of drug-likeness (QED) is 0.761. The van der Waals surface area contributed by atoms with Gasteiger partial charge in [-0.15, -0.1) is 0 Å². The molecule has 0 unspecified atom stereocenters. The average molecular weight is 216 g/mol. The first-order chi connectivity index (χ1) is 6.66. The van der Waals surface area contributed by atoms with Gasteiger partial charge in [-0.1, -0.05) is 11.6 Å². The highest BCUT2D eigenvalue weighted by Gasteiger charge is 2.09. The fourth-order valence-electron chi connectivity index (χ4n) is 1.55. The Kier molecular flexibility index (Phi) is 4.42. The van der Waals surface area contributed by atoms with Crippen molar-refractivity contribution in [2.24, 2.45) is 7.05 Å². The Labute approximate surface area is 90.4 Å². The van der Waals surface area contributed by atoms with Gasteiger partial charge in [0.2, 0.25) is 0 Å². The zero-order chi connectivity index (χ0) is 10.6. The predicted octanol–water partition coefficient (Wildman–Crippen LogP) is 1.92. The Morgan fingerprint density at radius 2 is 2.14 bits per heavy atom. The van der Waals surface area contributed by atoms with Gasteiger partial charge in [0.15, 0.2) is 0 Å². The number of halogens is 1. The Balaban J connectivity index is 2.49. The van der Waals surface area contributed by atoms with Gasteiger partial charge in [0.05, 0.1) is 16.4 Å². The van der Waals surface area contributed by atoms with Crippen LogP contribution in [0, 0.1) is 6.92 Å². The minimum Gasteiger partial charge on any atom is -0.320 e. The SMILES string of the molecule is CNCCCCc1c(Cl)c(C)nn1C. The highest BCUT2D eigenvalue weighted by Crippen LogP contribution is 2.20. The summed E-state index contributed by atoms with van der Waals surface area (Å²) >= 11 is 6.13. The summed E-state index contributed by atoms with van der Waals surface area (Å²) in [4.78, 5) is 0. The molecule has 0 saturated heterocycles. The first-order valence-corrected chi connectivity index (χ1v) is 5.37. The lowest BCUT2D eigenvalue weighted by Crippen LogP contribution is -2.08. The molecule has 0 fully saturated rings. The molecule has 0 aromatic carbocycles. The van der Waals surface area contributed by atoms with Gasteiger partial charge < -0.3 is 5.32 Å². The lowest BCUT2D eigenvalue weighted by molar-refractivity contribution is 0.636. The summed E-state index contributed by atoms with van der Waals surface area (Å²) in [5, 5.41) is 8.24. The normalized spacial score (nSPS) is 10.9. The highest BCUT2D eigenvalue weighted by atomic mass is 35.5. The summed E-state index contributed by atoms with van der Waals surface area (Å²) in [6.45, 7) is 3.01. The molecule has 0 spiro atoms. The topological polar surface area (TPSA) is 29.9 Å². The van der Waals surface area contributed by atoms with E-state index in [1.54, 1.807) is 0 Å². The Hall–Kier alpha value is -0.540. The van der Waals surface area contributed by atoms with Crippen molar-refractivity contribution in [3.05, 3.63) is 16.4 Å². The zero-order valence-corrected chi connectivity index (χ0v) is 9.86. The van der Waals surface area contributed by atoms with Gasteiger partial charge in [-0.25, -0.2) is 0 Å². The van der Waals surface area contributed by atoms with Crippen LogP contribution in [0.25, 0.3) is 0 Å². The Morgan fingerprint density at radius 3 is 2.64 bits per heavy atom. The molecule has 0 saturated carbocycles. The van der Waals surface area contributed by atoms with Crippen molar-refractivity contribution in [3.63, 3.8) is 0 Å². The molecule has 1 rings (SSSR count). The summed E-state index contributed by atoms with van der Waals surface area (Å²) < 4.78 is 1.89. The van der Waals surface area contributed by atoms with Crippen LogP contribution in [0.1, 0.15) is 24.2 Å². The number of nitrogens with one attached hydrogen (secondary N) is 1. The lowest BCUT2D eigenvalue weighted by atomic mass is 10.2. The van der Waals surface area contributed by atoms with Crippen molar-refractivity contribution in [1.82, 2.24) is 15.1 Å². The van der Waals surface area contributed by atoms with E-state index in [1.165, 1.54) is 6.42 Å². The molecule has 0 atom stereocenters. The number of hydrogen-bond acceptors (Lipinski definition) is 2. The summed E-state index contributed by atoms with van der Waals surface area (Å²) in [7, 11) is 3.92. The molecule has 0 aliphatic heterocycles. The largest absolute Gasteiger partial charge is 0.320 e. The van der Waals surface area contributed by atoms with E-state index in [9.17, 15) is 0 Å². The molecule has 14 heavy (non-hydrogen) atoms. The van der Waals surface area contributed by atoms with Gasteiger partial charge in [-0.05, 0) is 39.8 Å². The van der Waals surface area contributed by atoms with Crippen LogP contribution in [0.2, 0.25) is 5.02 Å². The summed E-state index contributed by atoms with van der Waals surface area (Å²) in [5.74, 6) is 0. The number of aromatic nitrogens is 2. The minimum atomic E-state index is 0.831. The van der Waals surface area contributed by atoms with Crippen LogP contribution in [-0.4, -0.2) is 23.4 Å². The molecule has 0 radical (unpaired) electrons. The van der Waals surface area contributed by atoms with Crippen molar-refractivity contribution < 1.29 is 0 Å². The maximum Gasteiger partial charge on any atom is 0.0846 e. The molecule has 0 amide bonds. The van der Waals surface area contributed by atoms with Crippen LogP contribution in [-0.2, 0) is 13.5 Å². The summed E-state index contributed by atoms with van der Waals surface area (Å²) in [6, 6.07) is 0. The fourth-order valence-corrected chi connectivity index (χ4v) is 1.80. The first kappa shape index (κ1) is 11.5. The van der Waals surface area contributed by atoms with Crippen LogP contribution in [0.15, 0.2) is 0 Å². The van der Waals surface area contributed by atoms with Gasteiger partial charge in [-0.2, -0.15) is 5.10 Å². The average Bonchev–Trinajstić information content (AvgIpc) is 2.38. The van der Waals surface area contributed by atoms with Crippen molar-refractivity contribution in [1.29, 1.82) is 0 Å². The highest BCUT2D eigenvalue weighted by molar-refractivity contribution is 6.31. The van der Waals surface area contributed by atoms with E-state index >= 15 is 0 Å². The van der Waals surface area contributed by atoms with Crippen LogP contribution < -0.4 is 5.32 Å². The minimum absolute atomic E-state index is 0.831. The Morgan fingerprint density at radius 1 is 1.43 bits per heavy atom. The fraction of sp³-hybridized carbons (Fsp3) is 0.700. The molecule has 1 N–H and O–H groups in total. The van der Waals surface area contributed by atoms with Crippen molar-refractivity contribution in [3.8, 4) is 0 Å². The zero-order valence-electron chi connectivity index (χ0n) is 9.10. The van der Waals surface area contributed by atoms with Crippen LogP contribution in [0.4, 0.5) is 0 Å². The second kappa shape index (κ2) is 5.37. The third-order valence-electron chi connectivity index (χ3n) is 2.35. The smallest absolute Gasteiger partial charge is 0.0846 e. The molecule has 1 heterocycles. The van der Waals surface area contributed by atoms with E-state index in [2.05, 4.69) is 10.4 Å². The third kappa shape index (κ3) is 2.72. The molecule has 1 aromatic heterocycles. The second-order valence-corrected chi connectivity index (χ2v) is 3.91. The van der Waals surface area contributed by atoms with E-state index in [4.69, 9.17) is 11.6 Å². The van der Waals surface area contributed by atoms with E-state index in [0.717, 1.165) is 35.8 Å². The summed E-state index contributed by atoms with van der Waals surface area (Å²) in [5.41, 5.74) is 2.08. The van der Waals surface area contributed by atoms with Gasteiger partial charge in [0.25, 0.3) is 0 Å². The van der Waals surface area contributed by atoms with Crippen LogP contribution in [0.5, 0.6) is 0 Å². The van der Waals surface area contributed by atoms with Crippen LogP contribution in [0.3, 0.4) is 0 Å². The first-order valence-electron chi connectivity index (χ1n) is 4.99. The number of hydrogen-bond donors (Lipinski definition) is 1. The standard InChI is InChI=1S/C10H18ClN3/c1-8-10(11)9(14(3)13-8)6-4-5-7-12-2/h12H,4-7H2,1-3H3. The maximum absolute atomic E-state index is 6.13. The molecular formula is C10H18ClN3. The van der Waals surface area contributed by atoms with Gasteiger partial charge in [-0.3, -0.25) is 4.68 Å². The summed E-state index contributed by atoms with van der Waals surface area (Å²) in [6.07, 6.45) is 3.34. The van der Waals surface area contributed by atoms with E-state index < -0.39 is 0 Å². The van der Waals surface area contributed by atoms with Gasteiger partial charge in [0, 0.05) is 7.05 Å². The molecule has 4 heteroatoms. The molecular weight excluding hydrogens is 198 g/mol. The number of nitrogens with zero attached hydrogens (tertiary/aromatic N) is 2. The number of unbranched alkanes of at least 4 members (excludes halogenated alkanes) is 1. The van der Waals surface area contributed by atoms with E-state index in [-0.39, 0.29) is 0 Å². The molecule has 3 nitrogen and oxygen atoms in total. The third-order valence-corrected chi connectivity index (χ3v) is 2.84. The van der Waals surface area contributed by atoms with E-state index in [1.807, 2.05) is 25.7 Å². The molecule has 0 aliphatic rings. The maximum atomic E-state index is 6.13. The monoisotopic (exact) mass is 215 g/mol. The lowest BCUT2D eigenvalue weighted by Gasteiger charge is -2.02. The van der Waals surface area contributed by atoms with Crippen molar-refractivity contribution >= 4 is 11.6 Å². The van der Waals surface area contributed by atoms with Crippen molar-refractivity contribution in [2.75, 3.05) is 13.6 Å². The van der Waals surface area contributed by atoms with Gasteiger partial charge >= 0.3 is 0 Å². The molecule has 80 valence electrons.